The van der Waals surface area contributed by atoms with Gasteiger partial charge in [-0.1, -0.05) is 180 Å². The van der Waals surface area contributed by atoms with Gasteiger partial charge in [0.25, 0.3) is 0 Å². The van der Waals surface area contributed by atoms with E-state index in [0.717, 1.165) is 12.8 Å². The molecule has 38 heavy (non-hydrogen) atoms. The van der Waals surface area contributed by atoms with Gasteiger partial charge < -0.3 is 10.2 Å². The van der Waals surface area contributed by atoms with Gasteiger partial charge in [-0.05, 0) is 38.5 Å². The van der Waals surface area contributed by atoms with Crippen LogP contribution in [0, 0.1) is 0 Å². The minimum atomic E-state index is 0.362. The largest absolute Gasteiger partial charge is 0.396 e. The number of aliphatic hydroxyl groups is 2. The second-order valence-corrected chi connectivity index (χ2v) is 11.7. The van der Waals surface area contributed by atoms with Crippen molar-refractivity contribution in [1.82, 2.24) is 0 Å². The summed E-state index contributed by atoms with van der Waals surface area (Å²) in [6.45, 7) is 5.29. The molecule has 0 saturated carbocycles. The minimum absolute atomic E-state index is 0.362. The van der Waals surface area contributed by atoms with E-state index in [2.05, 4.69) is 26.0 Å². The first-order valence-electron chi connectivity index (χ1n) is 17.7. The first kappa shape index (κ1) is 39.8. The van der Waals surface area contributed by atoms with Crippen molar-refractivity contribution in [1.29, 1.82) is 0 Å². The van der Waals surface area contributed by atoms with Crippen LogP contribution in [0.4, 0.5) is 0 Å². The van der Waals surface area contributed by atoms with Gasteiger partial charge in [-0.25, -0.2) is 0 Å². The average molecular weight is 539 g/mol. The van der Waals surface area contributed by atoms with Crippen molar-refractivity contribution < 1.29 is 10.2 Å². The van der Waals surface area contributed by atoms with Crippen molar-refractivity contribution in [2.24, 2.45) is 0 Å². The topological polar surface area (TPSA) is 40.5 Å². The molecule has 0 unspecified atom stereocenters. The molecule has 0 aliphatic heterocycles. The SMILES string of the molecule is CCCCCCCC/C=C\CCCCCCCCO.CCCCCCCCCCCCCCCCCCO. The zero-order valence-corrected chi connectivity index (χ0v) is 26.7. The molecule has 0 aromatic rings. The monoisotopic (exact) mass is 539 g/mol. The molecular weight excluding hydrogens is 464 g/mol. The zero-order chi connectivity index (χ0) is 28.0. The smallest absolute Gasteiger partial charge is 0.0431 e. The fourth-order valence-electron chi connectivity index (χ4n) is 5.02. The standard InChI is InChI=1S/C18H38O.C18H36O/c2*1-2-3-4-5-6-7-8-9-10-11-12-13-14-15-16-17-18-19/h19H,2-18H2,1H3;9-10,19H,2-8,11-18H2,1H3/b;10-9-. The third-order valence-electron chi connectivity index (χ3n) is 7.68. The van der Waals surface area contributed by atoms with E-state index >= 15 is 0 Å². The quantitative estimate of drug-likeness (QED) is 0.0680. The molecular formula is C36H74O2. The Kier molecular flexibility index (Phi) is 43.1. The molecule has 2 nitrogen and oxygen atoms in total. The van der Waals surface area contributed by atoms with E-state index in [0.29, 0.717) is 13.2 Å². The molecule has 0 saturated heterocycles. The molecule has 2 heteroatoms. The highest BCUT2D eigenvalue weighted by Gasteiger charge is 1.94. The zero-order valence-electron chi connectivity index (χ0n) is 26.7. The summed E-state index contributed by atoms with van der Waals surface area (Å²) in [5.41, 5.74) is 0. The van der Waals surface area contributed by atoms with Gasteiger partial charge in [-0.15, -0.1) is 0 Å². The van der Waals surface area contributed by atoms with Gasteiger partial charge in [0.2, 0.25) is 0 Å². The molecule has 0 fully saturated rings. The van der Waals surface area contributed by atoms with Crippen LogP contribution in [0.3, 0.4) is 0 Å². The van der Waals surface area contributed by atoms with E-state index in [1.807, 2.05) is 0 Å². The Morgan fingerprint density at radius 3 is 0.737 bits per heavy atom. The Bertz CT molecular complexity index is 377. The summed E-state index contributed by atoms with van der Waals surface area (Å²) in [4.78, 5) is 0. The van der Waals surface area contributed by atoms with Crippen LogP contribution in [0.1, 0.15) is 206 Å². The molecule has 0 aliphatic rings. The third kappa shape index (κ3) is 42.7. The van der Waals surface area contributed by atoms with Crippen molar-refractivity contribution in [3.8, 4) is 0 Å². The molecule has 0 aromatic carbocycles. The lowest BCUT2D eigenvalue weighted by Crippen LogP contribution is -1.85. The fourth-order valence-corrected chi connectivity index (χ4v) is 5.02. The van der Waals surface area contributed by atoms with Crippen molar-refractivity contribution >= 4 is 0 Å². The highest BCUT2D eigenvalue weighted by atomic mass is 16.3. The number of rotatable bonds is 31. The van der Waals surface area contributed by atoms with Gasteiger partial charge in [0, 0.05) is 13.2 Å². The fraction of sp³-hybridized carbons (Fsp3) is 0.944. The first-order chi connectivity index (χ1) is 18.8. The Labute approximate surface area is 241 Å². The summed E-state index contributed by atoms with van der Waals surface area (Å²) in [6.07, 6.45) is 45.4. The van der Waals surface area contributed by atoms with Gasteiger partial charge in [-0.2, -0.15) is 0 Å². The summed E-state index contributed by atoms with van der Waals surface area (Å²) >= 11 is 0. The third-order valence-corrected chi connectivity index (χ3v) is 7.68. The maximum absolute atomic E-state index is 8.67. The van der Waals surface area contributed by atoms with Crippen molar-refractivity contribution in [3.63, 3.8) is 0 Å². The molecule has 0 rings (SSSR count). The van der Waals surface area contributed by atoms with E-state index in [9.17, 15) is 0 Å². The second kappa shape index (κ2) is 41.1. The predicted molar refractivity (Wildman–Crippen MR) is 173 cm³/mol. The van der Waals surface area contributed by atoms with Gasteiger partial charge >= 0.3 is 0 Å². The summed E-state index contributed by atoms with van der Waals surface area (Å²) in [6, 6.07) is 0. The predicted octanol–water partition coefficient (Wildman–Crippen LogP) is 12.3. The molecule has 0 atom stereocenters. The van der Waals surface area contributed by atoms with Crippen LogP contribution in [0.25, 0.3) is 0 Å². The van der Waals surface area contributed by atoms with E-state index in [1.54, 1.807) is 0 Å². The second-order valence-electron chi connectivity index (χ2n) is 11.7. The van der Waals surface area contributed by atoms with E-state index in [1.165, 1.54) is 180 Å². The minimum Gasteiger partial charge on any atom is -0.396 e. The molecule has 230 valence electrons. The van der Waals surface area contributed by atoms with Crippen LogP contribution in [0.15, 0.2) is 12.2 Å². The molecule has 2 N–H and O–H groups in total. The lowest BCUT2D eigenvalue weighted by Gasteiger charge is -2.03. The molecule has 0 aromatic heterocycles. The van der Waals surface area contributed by atoms with E-state index < -0.39 is 0 Å². The maximum Gasteiger partial charge on any atom is 0.0431 e. The van der Waals surface area contributed by atoms with Crippen LogP contribution in [0.5, 0.6) is 0 Å². The Morgan fingerprint density at radius 2 is 0.500 bits per heavy atom. The van der Waals surface area contributed by atoms with Crippen LogP contribution < -0.4 is 0 Å². The Morgan fingerprint density at radius 1 is 0.289 bits per heavy atom. The van der Waals surface area contributed by atoms with Crippen LogP contribution in [-0.2, 0) is 0 Å². The lowest BCUT2D eigenvalue weighted by atomic mass is 10.0. The number of aliphatic hydroxyl groups excluding tert-OH is 2. The van der Waals surface area contributed by atoms with Gasteiger partial charge in [0.1, 0.15) is 0 Å². The maximum atomic E-state index is 8.67. The average Bonchev–Trinajstić information content (AvgIpc) is 2.93. The molecule has 0 heterocycles. The summed E-state index contributed by atoms with van der Waals surface area (Å²) in [5, 5.41) is 17.3. The number of hydrogen-bond acceptors (Lipinski definition) is 2. The van der Waals surface area contributed by atoms with Gasteiger partial charge in [0.15, 0.2) is 0 Å². The van der Waals surface area contributed by atoms with Gasteiger partial charge in [0.05, 0.1) is 0 Å². The number of unbranched alkanes of at least 4 members (excludes halogenated alkanes) is 27. The van der Waals surface area contributed by atoms with Crippen molar-refractivity contribution in [2.45, 2.75) is 206 Å². The van der Waals surface area contributed by atoms with Crippen LogP contribution in [0.2, 0.25) is 0 Å². The van der Waals surface area contributed by atoms with Gasteiger partial charge in [-0.3, -0.25) is 0 Å². The van der Waals surface area contributed by atoms with Crippen LogP contribution in [-0.4, -0.2) is 23.4 Å². The Balaban J connectivity index is 0. The number of allylic oxidation sites excluding steroid dienone is 2. The molecule has 0 bridgehead atoms. The van der Waals surface area contributed by atoms with Crippen LogP contribution >= 0.6 is 0 Å². The number of hydrogen-bond donors (Lipinski definition) is 2. The molecule has 0 radical (unpaired) electrons. The van der Waals surface area contributed by atoms with E-state index in [4.69, 9.17) is 10.2 Å². The first-order valence-corrected chi connectivity index (χ1v) is 17.7. The molecule has 0 aliphatic carbocycles. The highest BCUT2D eigenvalue weighted by molar-refractivity contribution is 4.81. The summed E-state index contributed by atoms with van der Waals surface area (Å²) in [7, 11) is 0. The summed E-state index contributed by atoms with van der Waals surface area (Å²) < 4.78 is 0. The van der Waals surface area contributed by atoms with Crippen molar-refractivity contribution in [2.75, 3.05) is 13.2 Å². The van der Waals surface area contributed by atoms with E-state index in [-0.39, 0.29) is 0 Å². The molecule has 0 spiro atoms. The Hall–Kier alpha value is -0.340. The highest BCUT2D eigenvalue weighted by Crippen LogP contribution is 2.14. The normalized spacial score (nSPS) is 11.3. The summed E-state index contributed by atoms with van der Waals surface area (Å²) in [5.74, 6) is 0. The molecule has 0 amide bonds. The lowest BCUT2D eigenvalue weighted by molar-refractivity contribution is 0.282. The van der Waals surface area contributed by atoms with Crippen molar-refractivity contribution in [3.05, 3.63) is 12.2 Å².